The second kappa shape index (κ2) is 9.19. The van der Waals surface area contributed by atoms with Crippen LogP contribution >= 0.6 is 15.9 Å². The Morgan fingerprint density at radius 2 is 1.48 bits per heavy atom. The first-order valence-corrected chi connectivity index (χ1v) is 11.6. The van der Waals surface area contributed by atoms with E-state index in [1.165, 1.54) is 4.31 Å². The number of carbonyl (C=O) groups excluding carboxylic acids is 2. The molecule has 0 saturated carbocycles. The lowest BCUT2D eigenvalue weighted by molar-refractivity contribution is -0.132. The molecule has 1 aliphatic rings. The largest absolute Gasteiger partial charge is 0.340 e. The second-order valence-electron chi connectivity index (χ2n) is 7.03. The van der Waals surface area contributed by atoms with Gasteiger partial charge < -0.3 is 4.90 Å². The summed E-state index contributed by atoms with van der Waals surface area (Å²) < 4.78 is 27.8. The van der Waals surface area contributed by atoms with Crippen molar-refractivity contribution >= 4 is 37.6 Å². The van der Waals surface area contributed by atoms with Crippen LogP contribution in [0.1, 0.15) is 28.8 Å². The van der Waals surface area contributed by atoms with Gasteiger partial charge >= 0.3 is 0 Å². The number of aryl methyl sites for hydroxylation is 1. The maximum atomic E-state index is 12.7. The number of ketones is 1. The van der Waals surface area contributed by atoms with Gasteiger partial charge in [0.15, 0.2) is 5.78 Å². The number of halogens is 1. The molecule has 1 aliphatic heterocycles. The normalized spacial score (nSPS) is 15.3. The Morgan fingerprint density at radius 3 is 2.07 bits per heavy atom. The molecule has 0 spiro atoms. The molecule has 0 bridgehead atoms. The third-order valence-electron chi connectivity index (χ3n) is 4.98. The lowest BCUT2D eigenvalue weighted by atomic mass is 10.1. The van der Waals surface area contributed by atoms with Gasteiger partial charge in [-0.25, -0.2) is 8.42 Å². The summed E-state index contributed by atoms with van der Waals surface area (Å²) in [7, 11) is -3.56. The molecule has 1 amide bonds. The van der Waals surface area contributed by atoms with E-state index in [1.807, 2.05) is 6.92 Å². The molecular formula is C21H23BrN2O4S. The number of Topliss-reactive ketones (excluding diaryl/α,β-unsaturated/α-hetero) is 1. The number of nitrogens with zero attached hydrogens (tertiary/aromatic N) is 2. The van der Waals surface area contributed by atoms with Crippen molar-refractivity contribution in [2.24, 2.45) is 0 Å². The van der Waals surface area contributed by atoms with Crippen molar-refractivity contribution in [3.8, 4) is 0 Å². The number of piperazine rings is 1. The van der Waals surface area contributed by atoms with Gasteiger partial charge in [0, 0.05) is 49.1 Å². The van der Waals surface area contributed by atoms with Crippen molar-refractivity contribution in [3.05, 3.63) is 64.1 Å². The zero-order valence-electron chi connectivity index (χ0n) is 16.2. The number of hydrogen-bond donors (Lipinski definition) is 0. The number of benzene rings is 2. The maximum Gasteiger partial charge on any atom is 0.243 e. The maximum absolute atomic E-state index is 12.7. The molecule has 29 heavy (non-hydrogen) atoms. The van der Waals surface area contributed by atoms with Gasteiger partial charge in [-0.15, -0.1) is 0 Å². The van der Waals surface area contributed by atoms with Crippen LogP contribution in [0.4, 0.5) is 0 Å². The highest BCUT2D eigenvalue weighted by atomic mass is 79.9. The fraction of sp³-hybridized carbons (Fsp3) is 0.333. The van der Waals surface area contributed by atoms with E-state index in [2.05, 4.69) is 15.9 Å². The van der Waals surface area contributed by atoms with Crippen molar-refractivity contribution in [1.82, 2.24) is 9.21 Å². The summed E-state index contributed by atoms with van der Waals surface area (Å²) in [5, 5.41) is 0. The van der Waals surface area contributed by atoms with Crippen LogP contribution in [0, 0.1) is 6.92 Å². The van der Waals surface area contributed by atoms with Gasteiger partial charge in [-0.05, 0) is 31.2 Å². The number of sulfonamides is 1. The van der Waals surface area contributed by atoms with E-state index in [9.17, 15) is 18.0 Å². The van der Waals surface area contributed by atoms with E-state index in [1.54, 1.807) is 53.4 Å². The Balaban J connectivity index is 1.52. The van der Waals surface area contributed by atoms with Crippen LogP contribution in [0.25, 0.3) is 0 Å². The lowest BCUT2D eigenvalue weighted by Crippen LogP contribution is -2.50. The second-order valence-corrected chi connectivity index (χ2v) is 9.88. The number of amides is 1. The molecule has 2 aromatic rings. The standard InChI is InChI=1S/C21H23BrN2O4S/c1-16-2-8-19(9-3-16)29(27,28)24-14-12-23(13-15-24)21(26)11-10-20(25)17-4-6-18(22)7-5-17/h2-9H,10-15H2,1H3. The van der Waals surface area contributed by atoms with Gasteiger partial charge in [-0.2, -0.15) is 4.31 Å². The van der Waals surface area contributed by atoms with Crippen molar-refractivity contribution in [1.29, 1.82) is 0 Å². The van der Waals surface area contributed by atoms with Crippen LogP contribution in [0.5, 0.6) is 0 Å². The van der Waals surface area contributed by atoms with Crippen LogP contribution in [0.2, 0.25) is 0 Å². The Labute approximate surface area is 179 Å². The van der Waals surface area contributed by atoms with Crippen LogP contribution in [0.15, 0.2) is 57.9 Å². The first kappa shape index (κ1) is 21.7. The zero-order valence-corrected chi connectivity index (χ0v) is 18.6. The summed E-state index contributed by atoms with van der Waals surface area (Å²) >= 11 is 3.33. The molecule has 1 heterocycles. The minimum Gasteiger partial charge on any atom is -0.340 e. The minimum atomic E-state index is -3.56. The molecule has 1 saturated heterocycles. The van der Waals surface area contributed by atoms with E-state index in [-0.39, 0.29) is 42.5 Å². The van der Waals surface area contributed by atoms with Crippen molar-refractivity contribution < 1.29 is 18.0 Å². The third-order valence-corrected chi connectivity index (χ3v) is 7.42. The topological polar surface area (TPSA) is 74.8 Å². The van der Waals surface area contributed by atoms with Gasteiger partial charge in [0.05, 0.1) is 4.90 Å². The fourth-order valence-electron chi connectivity index (χ4n) is 3.20. The van der Waals surface area contributed by atoms with Crippen molar-refractivity contribution in [2.45, 2.75) is 24.7 Å². The summed E-state index contributed by atoms with van der Waals surface area (Å²) in [5.41, 5.74) is 1.58. The van der Waals surface area contributed by atoms with E-state index >= 15 is 0 Å². The smallest absolute Gasteiger partial charge is 0.243 e. The number of hydrogen-bond acceptors (Lipinski definition) is 4. The molecule has 2 aromatic carbocycles. The predicted molar refractivity (Wildman–Crippen MR) is 114 cm³/mol. The van der Waals surface area contributed by atoms with Crippen LogP contribution < -0.4 is 0 Å². The Morgan fingerprint density at radius 1 is 0.897 bits per heavy atom. The van der Waals surface area contributed by atoms with E-state index in [4.69, 9.17) is 0 Å². The number of carbonyl (C=O) groups is 2. The molecule has 0 aliphatic carbocycles. The summed E-state index contributed by atoms with van der Waals surface area (Å²) in [6.07, 6.45) is 0.266. The number of rotatable bonds is 6. The molecule has 6 nitrogen and oxygen atoms in total. The van der Waals surface area contributed by atoms with Gasteiger partial charge in [-0.3, -0.25) is 9.59 Å². The quantitative estimate of drug-likeness (QED) is 0.597. The van der Waals surface area contributed by atoms with Crippen LogP contribution in [0.3, 0.4) is 0 Å². The Hall–Kier alpha value is -2.03. The van der Waals surface area contributed by atoms with Gasteiger partial charge in [0.25, 0.3) is 0 Å². The van der Waals surface area contributed by atoms with E-state index in [0.29, 0.717) is 18.7 Å². The minimum absolute atomic E-state index is 0.0774. The molecule has 0 radical (unpaired) electrons. The summed E-state index contributed by atoms with van der Waals surface area (Å²) in [6, 6.07) is 13.8. The molecule has 1 fully saturated rings. The SMILES string of the molecule is Cc1ccc(S(=O)(=O)N2CCN(C(=O)CCC(=O)c3ccc(Br)cc3)CC2)cc1. The molecule has 0 atom stereocenters. The van der Waals surface area contributed by atoms with Gasteiger partial charge in [-0.1, -0.05) is 45.8 Å². The Bertz CT molecular complexity index is 980. The van der Waals surface area contributed by atoms with E-state index < -0.39 is 10.0 Å². The summed E-state index contributed by atoms with van der Waals surface area (Å²) in [5.74, 6) is -0.200. The third kappa shape index (κ3) is 5.32. The molecule has 0 unspecified atom stereocenters. The predicted octanol–water partition coefficient (Wildman–Crippen LogP) is 3.25. The average Bonchev–Trinajstić information content (AvgIpc) is 2.72. The van der Waals surface area contributed by atoms with Gasteiger partial charge in [0.2, 0.25) is 15.9 Å². The molecule has 154 valence electrons. The highest BCUT2D eigenvalue weighted by Crippen LogP contribution is 2.19. The van der Waals surface area contributed by atoms with Gasteiger partial charge in [0.1, 0.15) is 0 Å². The van der Waals surface area contributed by atoms with Crippen LogP contribution in [-0.2, 0) is 14.8 Å². The first-order valence-electron chi connectivity index (χ1n) is 9.41. The summed E-state index contributed by atoms with van der Waals surface area (Å²) in [6.45, 7) is 3.07. The fourth-order valence-corrected chi connectivity index (χ4v) is 4.88. The highest BCUT2D eigenvalue weighted by molar-refractivity contribution is 9.10. The summed E-state index contributed by atoms with van der Waals surface area (Å²) in [4.78, 5) is 26.6. The highest BCUT2D eigenvalue weighted by Gasteiger charge is 2.30. The molecule has 0 N–H and O–H groups in total. The molecule has 0 aromatic heterocycles. The first-order chi connectivity index (χ1) is 13.8. The molecule has 3 rings (SSSR count). The zero-order chi connectivity index (χ0) is 21.0. The molecular weight excluding hydrogens is 456 g/mol. The van der Waals surface area contributed by atoms with Crippen molar-refractivity contribution in [3.63, 3.8) is 0 Å². The van der Waals surface area contributed by atoms with Crippen LogP contribution in [-0.4, -0.2) is 55.5 Å². The monoisotopic (exact) mass is 478 g/mol. The average molecular weight is 479 g/mol. The lowest BCUT2D eigenvalue weighted by Gasteiger charge is -2.34. The van der Waals surface area contributed by atoms with Crippen molar-refractivity contribution in [2.75, 3.05) is 26.2 Å². The Kier molecular flexibility index (Phi) is 6.87. The van der Waals surface area contributed by atoms with E-state index in [0.717, 1.165) is 10.0 Å². The molecule has 8 heteroatoms.